The summed E-state index contributed by atoms with van der Waals surface area (Å²) in [6.45, 7) is 7.25. The van der Waals surface area contributed by atoms with Crippen molar-refractivity contribution in [3.8, 4) is 11.5 Å². The molecule has 1 aromatic rings. The zero-order chi connectivity index (χ0) is 13.4. The molecule has 4 heteroatoms. The summed E-state index contributed by atoms with van der Waals surface area (Å²) in [5.74, 6) is 2.89. The van der Waals surface area contributed by atoms with Gasteiger partial charge in [-0.05, 0) is 30.0 Å². The fraction of sp³-hybridized carbons (Fsp3) is 0.533. The highest BCUT2D eigenvalue weighted by Crippen LogP contribution is 2.32. The van der Waals surface area contributed by atoms with Crippen LogP contribution < -0.4 is 9.47 Å². The molecule has 0 spiro atoms. The number of hydrogen-bond acceptors (Lipinski definition) is 4. The van der Waals surface area contributed by atoms with Crippen molar-refractivity contribution < 1.29 is 14.3 Å². The first-order valence-corrected chi connectivity index (χ1v) is 6.78. The third kappa shape index (κ3) is 2.45. The lowest BCUT2D eigenvalue weighted by atomic mass is 10.0. The Hall–Kier alpha value is -1.55. The van der Waals surface area contributed by atoms with Crippen LogP contribution in [0.5, 0.6) is 11.5 Å². The number of carbonyl (C=O) groups is 1. The highest BCUT2D eigenvalue weighted by atomic mass is 16.7. The van der Waals surface area contributed by atoms with E-state index >= 15 is 0 Å². The standard InChI is InChI=1S/C15H19NO3/c1-10-6-16(7-11(10)2)8-13(17)12-3-4-14-15(5-12)19-9-18-14/h3-5,10-11H,6-9H2,1-2H3. The van der Waals surface area contributed by atoms with Crippen LogP contribution in [0.25, 0.3) is 0 Å². The van der Waals surface area contributed by atoms with Gasteiger partial charge in [0.25, 0.3) is 0 Å². The molecule has 0 aromatic heterocycles. The largest absolute Gasteiger partial charge is 0.454 e. The van der Waals surface area contributed by atoms with Gasteiger partial charge in [0.05, 0.1) is 6.54 Å². The van der Waals surface area contributed by atoms with Gasteiger partial charge in [-0.2, -0.15) is 0 Å². The monoisotopic (exact) mass is 261 g/mol. The van der Waals surface area contributed by atoms with E-state index in [1.807, 2.05) is 12.1 Å². The van der Waals surface area contributed by atoms with Gasteiger partial charge < -0.3 is 9.47 Å². The third-order valence-corrected chi connectivity index (χ3v) is 4.13. The molecule has 0 bridgehead atoms. The molecule has 4 nitrogen and oxygen atoms in total. The zero-order valence-corrected chi connectivity index (χ0v) is 11.4. The average Bonchev–Trinajstić information content (AvgIpc) is 2.96. The van der Waals surface area contributed by atoms with E-state index in [1.54, 1.807) is 6.07 Å². The van der Waals surface area contributed by atoms with Crippen molar-refractivity contribution in [1.82, 2.24) is 4.90 Å². The maximum atomic E-state index is 12.3. The molecule has 0 aliphatic carbocycles. The summed E-state index contributed by atoms with van der Waals surface area (Å²) >= 11 is 0. The van der Waals surface area contributed by atoms with Crippen molar-refractivity contribution >= 4 is 5.78 Å². The predicted molar refractivity (Wildman–Crippen MR) is 71.7 cm³/mol. The molecule has 0 N–H and O–H groups in total. The van der Waals surface area contributed by atoms with Crippen LogP contribution in [0.1, 0.15) is 24.2 Å². The maximum absolute atomic E-state index is 12.3. The minimum atomic E-state index is 0.152. The van der Waals surface area contributed by atoms with Crippen molar-refractivity contribution in [1.29, 1.82) is 0 Å². The lowest BCUT2D eigenvalue weighted by Gasteiger charge is -2.14. The molecule has 1 fully saturated rings. The number of likely N-dealkylation sites (tertiary alicyclic amines) is 1. The van der Waals surface area contributed by atoms with Gasteiger partial charge in [-0.15, -0.1) is 0 Å². The Labute approximate surface area is 113 Å². The van der Waals surface area contributed by atoms with Gasteiger partial charge in [-0.25, -0.2) is 0 Å². The molecule has 2 aliphatic rings. The highest BCUT2D eigenvalue weighted by molar-refractivity contribution is 5.98. The van der Waals surface area contributed by atoms with E-state index in [-0.39, 0.29) is 12.6 Å². The predicted octanol–water partition coefficient (Wildman–Crippen LogP) is 2.19. The van der Waals surface area contributed by atoms with Crippen molar-refractivity contribution in [2.45, 2.75) is 13.8 Å². The number of benzene rings is 1. The zero-order valence-electron chi connectivity index (χ0n) is 11.4. The Balaban J connectivity index is 1.68. The van der Waals surface area contributed by atoms with Gasteiger partial charge in [-0.1, -0.05) is 13.8 Å². The fourth-order valence-electron chi connectivity index (χ4n) is 2.74. The van der Waals surface area contributed by atoms with E-state index in [0.29, 0.717) is 29.7 Å². The molecule has 2 heterocycles. The van der Waals surface area contributed by atoms with Crippen LogP contribution >= 0.6 is 0 Å². The molecule has 102 valence electrons. The van der Waals surface area contributed by atoms with Gasteiger partial charge in [0.1, 0.15) is 0 Å². The lowest BCUT2D eigenvalue weighted by Crippen LogP contribution is -2.28. The van der Waals surface area contributed by atoms with Crippen LogP contribution in [-0.4, -0.2) is 37.1 Å². The number of nitrogens with zero attached hydrogens (tertiary/aromatic N) is 1. The minimum absolute atomic E-state index is 0.152. The Morgan fingerprint density at radius 2 is 1.89 bits per heavy atom. The molecule has 2 atom stereocenters. The molecule has 3 rings (SSSR count). The van der Waals surface area contributed by atoms with E-state index in [2.05, 4.69) is 18.7 Å². The van der Waals surface area contributed by atoms with Gasteiger partial charge in [0.2, 0.25) is 6.79 Å². The van der Waals surface area contributed by atoms with Crippen LogP contribution in [0.3, 0.4) is 0 Å². The molecule has 0 saturated carbocycles. The van der Waals surface area contributed by atoms with E-state index < -0.39 is 0 Å². The first kappa shape index (κ1) is 12.5. The van der Waals surface area contributed by atoms with Gasteiger partial charge in [0, 0.05) is 18.7 Å². The first-order valence-electron chi connectivity index (χ1n) is 6.78. The number of rotatable bonds is 3. The summed E-state index contributed by atoms with van der Waals surface area (Å²) in [5, 5.41) is 0. The Bertz CT molecular complexity index is 490. The Morgan fingerprint density at radius 3 is 2.63 bits per heavy atom. The van der Waals surface area contributed by atoms with Crippen molar-refractivity contribution in [3.05, 3.63) is 23.8 Å². The van der Waals surface area contributed by atoms with Crippen molar-refractivity contribution in [2.75, 3.05) is 26.4 Å². The van der Waals surface area contributed by atoms with E-state index in [9.17, 15) is 4.79 Å². The molecule has 2 unspecified atom stereocenters. The Morgan fingerprint density at radius 1 is 1.21 bits per heavy atom. The molecular weight excluding hydrogens is 242 g/mol. The average molecular weight is 261 g/mol. The number of ketones is 1. The van der Waals surface area contributed by atoms with Gasteiger partial charge in [-0.3, -0.25) is 9.69 Å². The lowest BCUT2D eigenvalue weighted by molar-refractivity contribution is 0.0942. The van der Waals surface area contributed by atoms with Crippen LogP contribution in [-0.2, 0) is 0 Å². The van der Waals surface area contributed by atoms with Crippen molar-refractivity contribution in [2.24, 2.45) is 11.8 Å². The van der Waals surface area contributed by atoms with E-state index in [4.69, 9.17) is 9.47 Å². The third-order valence-electron chi connectivity index (χ3n) is 4.13. The fourth-order valence-corrected chi connectivity index (χ4v) is 2.74. The van der Waals surface area contributed by atoms with E-state index in [0.717, 1.165) is 18.8 Å². The quantitative estimate of drug-likeness (QED) is 0.782. The number of ether oxygens (including phenoxy) is 2. The molecule has 0 radical (unpaired) electrons. The minimum Gasteiger partial charge on any atom is -0.454 e. The second-order valence-electron chi connectivity index (χ2n) is 5.64. The first-order chi connectivity index (χ1) is 9.13. The molecule has 1 aromatic carbocycles. The van der Waals surface area contributed by atoms with Gasteiger partial charge in [0.15, 0.2) is 17.3 Å². The molecule has 19 heavy (non-hydrogen) atoms. The summed E-state index contributed by atoms with van der Waals surface area (Å²) in [5.41, 5.74) is 0.705. The molecular formula is C15H19NO3. The molecule has 0 amide bonds. The van der Waals surface area contributed by atoms with Crippen LogP contribution in [0.4, 0.5) is 0 Å². The summed E-state index contributed by atoms with van der Waals surface area (Å²) in [6.07, 6.45) is 0. The van der Waals surface area contributed by atoms with Crippen molar-refractivity contribution in [3.63, 3.8) is 0 Å². The molecule has 1 saturated heterocycles. The maximum Gasteiger partial charge on any atom is 0.231 e. The van der Waals surface area contributed by atoms with Crippen LogP contribution in [0, 0.1) is 11.8 Å². The summed E-state index contributed by atoms with van der Waals surface area (Å²) in [7, 11) is 0. The van der Waals surface area contributed by atoms with Crippen LogP contribution in [0.2, 0.25) is 0 Å². The second kappa shape index (κ2) is 4.85. The second-order valence-corrected chi connectivity index (χ2v) is 5.64. The SMILES string of the molecule is CC1CN(CC(=O)c2ccc3c(c2)OCO3)CC1C. The number of hydrogen-bond donors (Lipinski definition) is 0. The summed E-state index contributed by atoms with van der Waals surface area (Å²) in [4.78, 5) is 14.5. The Kier molecular flexibility index (Phi) is 3.19. The van der Waals surface area contributed by atoms with Gasteiger partial charge >= 0.3 is 0 Å². The summed E-state index contributed by atoms with van der Waals surface area (Å²) in [6, 6.07) is 5.41. The summed E-state index contributed by atoms with van der Waals surface area (Å²) < 4.78 is 10.6. The topological polar surface area (TPSA) is 38.8 Å². The molecule has 2 aliphatic heterocycles. The number of fused-ring (bicyclic) bond motifs is 1. The number of carbonyl (C=O) groups excluding carboxylic acids is 1. The van der Waals surface area contributed by atoms with Crippen LogP contribution in [0.15, 0.2) is 18.2 Å². The number of Topliss-reactive ketones (excluding diaryl/α,β-unsaturated/α-hetero) is 1. The smallest absolute Gasteiger partial charge is 0.231 e. The normalized spacial score (nSPS) is 25.8. The van der Waals surface area contributed by atoms with E-state index in [1.165, 1.54) is 0 Å². The highest BCUT2D eigenvalue weighted by Gasteiger charge is 2.27.